The Labute approximate surface area is 55.0 Å². The lowest BCUT2D eigenvalue weighted by Gasteiger charge is -2.14. The monoisotopic (exact) mass is 149 g/mol. The van der Waals surface area contributed by atoms with Crippen LogP contribution in [0.1, 0.15) is 19.8 Å². The van der Waals surface area contributed by atoms with Gasteiger partial charge in [-0.25, -0.2) is 0 Å². The molecule has 0 fully saturated rings. The smallest absolute Gasteiger partial charge is 0.415 e. The fraction of sp³-hybridized carbons (Fsp3) is 1.00. The van der Waals surface area contributed by atoms with Crippen molar-refractivity contribution in [2.45, 2.75) is 26.1 Å². The Hall–Kier alpha value is -0.423. The van der Waals surface area contributed by atoms with Crippen molar-refractivity contribution >= 4 is 9.17 Å². The van der Waals surface area contributed by atoms with Gasteiger partial charge in [-0.1, -0.05) is 13.3 Å². The van der Waals surface area contributed by atoms with Gasteiger partial charge in [-0.15, -0.1) is 0 Å². The van der Waals surface area contributed by atoms with E-state index in [1.54, 1.807) is 0 Å². The van der Waals surface area contributed by atoms with E-state index in [1.807, 2.05) is 6.92 Å². The molecule has 0 heterocycles. The van der Waals surface area contributed by atoms with Crippen LogP contribution in [0.15, 0.2) is 0 Å². The molecule has 0 radical (unpaired) electrons. The van der Waals surface area contributed by atoms with Gasteiger partial charge in [0, 0.05) is 0 Å². The van der Waals surface area contributed by atoms with E-state index in [4.69, 9.17) is 5.11 Å². The second-order valence-electron chi connectivity index (χ2n) is 1.61. The number of aliphatic hydroxyl groups is 1. The van der Waals surface area contributed by atoms with Crippen LogP contribution in [0.25, 0.3) is 0 Å². The fourth-order valence-corrected chi connectivity index (χ4v) is 0.757. The van der Waals surface area contributed by atoms with E-state index in [0.717, 1.165) is 0 Å². The Morgan fingerprint density at radius 2 is 2.44 bits per heavy atom. The van der Waals surface area contributed by atoms with Crippen molar-refractivity contribution in [1.82, 2.24) is 0 Å². The molecule has 0 aromatic rings. The Morgan fingerprint density at radius 1 is 1.89 bits per heavy atom. The van der Waals surface area contributed by atoms with Gasteiger partial charge in [-0.2, -0.15) is 0 Å². The van der Waals surface area contributed by atoms with Crippen molar-refractivity contribution in [3.8, 4) is 0 Å². The van der Waals surface area contributed by atoms with Gasteiger partial charge in [0.1, 0.15) is 6.29 Å². The number of rotatable bonds is 4. The molecule has 0 amide bonds. The van der Waals surface area contributed by atoms with Crippen LogP contribution in [0.4, 0.5) is 0 Å². The van der Waals surface area contributed by atoms with E-state index < -0.39 is 15.5 Å². The molecule has 0 aliphatic rings. The maximum Gasteiger partial charge on any atom is 0.415 e. The third-order valence-electron chi connectivity index (χ3n) is 0.768. The first-order valence-electron chi connectivity index (χ1n) is 2.72. The van der Waals surface area contributed by atoms with E-state index in [1.165, 1.54) is 0 Å². The quantitative estimate of drug-likeness (QED) is 0.407. The summed E-state index contributed by atoms with van der Waals surface area (Å²) in [5.41, 5.74) is 0. The standard InChI is InChI=1S/C4H9O4Si/c1-2-3-4(5)8-9(6)7/h4-5H,2-3H2,1H3/q-1. The lowest BCUT2D eigenvalue weighted by molar-refractivity contribution is -0.245. The Kier molecular flexibility index (Phi) is 4.25. The molecular formula is C4H9O4Si-. The van der Waals surface area contributed by atoms with Gasteiger partial charge in [-0.05, 0) is 6.42 Å². The summed E-state index contributed by atoms with van der Waals surface area (Å²) in [5.74, 6) is 0. The van der Waals surface area contributed by atoms with Crippen LogP contribution in [0.3, 0.4) is 0 Å². The first-order chi connectivity index (χ1) is 4.16. The summed E-state index contributed by atoms with van der Waals surface area (Å²) < 4.78 is 13.8. The van der Waals surface area contributed by atoms with E-state index in [2.05, 4.69) is 4.43 Å². The summed E-state index contributed by atoms with van der Waals surface area (Å²) >= 11 is 0. The molecular weight excluding hydrogens is 140 g/mol. The van der Waals surface area contributed by atoms with Crippen molar-refractivity contribution in [1.29, 1.82) is 0 Å². The van der Waals surface area contributed by atoms with Gasteiger partial charge in [-0.3, -0.25) is 0 Å². The summed E-state index contributed by atoms with van der Waals surface area (Å²) in [7, 11) is -3.21. The second kappa shape index (κ2) is 4.46. The second-order valence-corrected chi connectivity index (χ2v) is 2.35. The number of hydrogen-bond acceptors (Lipinski definition) is 4. The number of hydrogen-bond donors (Lipinski definition) is 1. The van der Waals surface area contributed by atoms with Gasteiger partial charge in [0.15, 0.2) is 0 Å². The Morgan fingerprint density at radius 3 is 2.78 bits per heavy atom. The van der Waals surface area contributed by atoms with Gasteiger partial charge in [0.2, 0.25) is 0 Å². The molecule has 0 rings (SSSR count). The van der Waals surface area contributed by atoms with E-state index >= 15 is 0 Å². The first kappa shape index (κ1) is 8.58. The maximum absolute atomic E-state index is 9.78. The predicted molar refractivity (Wildman–Crippen MR) is 28.4 cm³/mol. The average Bonchev–Trinajstić information content (AvgIpc) is 1.63. The molecule has 9 heavy (non-hydrogen) atoms. The van der Waals surface area contributed by atoms with Crippen LogP contribution in [0.5, 0.6) is 0 Å². The van der Waals surface area contributed by atoms with Crippen LogP contribution in [0, 0.1) is 0 Å². The Bertz CT molecular complexity index is 94.6. The van der Waals surface area contributed by atoms with Crippen molar-refractivity contribution < 1.29 is 18.8 Å². The van der Waals surface area contributed by atoms with E-state index in [-0.39, 0.29) is 0 Å². The van der Waals surface area contributed by atoms with Crippen molar-refractivity contribution in [3.63, 3.8) is 0 Å². The molecule has 0 saturated heterocycles. The summed E-state index contributed by atoms with van der Waals surface area (Å²) in [5, 5.41) is 8.62. The summed E-state index contributed by atoms with van der Waals surface area (Å²) in [6.45, 7) is 1.83. The zero-order valence-corrected chi connectivity index (χ0v) is 6.16. The maximum atomic E-state index is 9.78. The number of aliphatic hydroxyl groups excluding tert-OH is 1. The minimum absolute atomic E-state index is 0.360. The molecule has 0 spiro atoms. The zero-order chi connectivity index (χ0) is 7.28. The molecule has 0 aliphatic carbocycles. The van der Waals surface area contributed by atoms with Gasteiger partial charge >= 0.3 is 9.17 Å². The molecule has 5 heteroatoms. The molecule has 0 aromatic heterocycles. The molecule has 1 unspecified atom stereocenters. The zero-order valence-electron chi connectivity index (χ0n) is 5.16. The van der Waals surface area contributed by atoms with Crippen LogP contribution >= 0.6 is 0 Å². The van der Waals surface area contributed by atoms with E-state index in [0.29, 0.717) is 12.8 Å². The summed E-state index contributed by atoms with van der Waals surface area (Å²) in [6, 6.07) is 0. The molecule has 0 aliphatic heterocycles. The SMILES string of the molecule is CCCC(O)O[Si](=O)[O-]. The highest BCUT2D eigenvalue weighted by Crippen LogP contribution is 1.95. The largest absolute Gasteiger partial charge is 0.563 e. The summed E-state index contributed by atoms with van der Waals surface area (Å²) in [4.78, 5) is 9.78. The first-order valence-corrected chi connectivity index (χ1v) is 3.95. The van der Waals surface area contributed by atoms with Crippen molar-refractivity contribution in [2.75, 3.05) is 0 Å². The third-order valence-corrected chi connectivity index (χ3v) is 1.23. The highest BCUT2D eigenvalue weighted by molar-refractivity contribution is 6.21. The van der Waals surface area contributed by atoms with Crippen LogP contribution in [0.2, 0.25) is 0 Å². The van der Waals surface area contributed by atoms with Crippen molar-refractivity contribution in [2.24, 2.45) is 0 Å². The topological polar surface area (TPSA) is 69.6 Å². The average molecular weight is 149 g/mol. The normalized spacial score (nSPS) is 12.7. The highest BCUT2D eigenvalue weighted by atomic mass is 28.3. The van der Waals surface area contributed by atoms with Crippen LogP contribution < -0.4 is 4.80 Å². The lowest BCUT2D eigenvalue weighted by atomic mass is 10.3. The molecule has 54 valence electrons. The molecule has 0 bridgehead atoms. The van der Waals surface area contributed by atoms with Crippen LogP contribution in [-0.2, 0) is 8.89 Å². The Balaban J connectivity index is 3.26. The predicted octanol–water partition coefficient (Wildman–Crippen LogP) is -1.10. The van der Waals surface area contributed by atoms with Crippen LogP contribution in [-0.4, -0.2) is 20.6 Å². The molecule has 1 N–H and O–H groups in total. The molecule has 0 saturated carbocycles. The van der Waals surface area contributed by atoms with Gasteiger partial charge in [0.05, 0.1) is 0 Å². The minimum Gasteiger partial charge on any atom is -0.563 e. The minimum atomic E-state index is -3.21. The highest BCUT2D eigenvalue weighted by Gasteiger charge is 1.98. The van der Waals surface area contributed by atoms with Crippen molar-refractivity contribution in [3.05, 3.63) is 0 Å². The summed E-state index contributed by atoms with van der Waals surface area (Å²) in [6.07, 6.45) is -0.0755. The molecule has 0 aromatic carbocycles. The van der Waals surface area contributed by atoms with Gasteiger partial charge in [0.25, 0.3) is 0 Å². The third kappa shape index (κ3) is 5.45. The van der Waals surface area contributed by atoms with E-state index in [9.17, 15) is 9.26 Å². The van der Waals surface area contributed by atoms with Gasteiger partial charge < -0.3 is 18.8 Å². The lowest BCUT2D eigenvalue weighted by Crippen LogP contribution is -2.29. The molecule has 1 atom stereocenters. The molecule has 4 nitrogen and oxygen atoms in total. The fourth-order valence-electron chi connectivity index (χ4n) is 0.417.